The van der Waals surface area contributed by atoms with Gasteiger partial charge in [0.1, 0.15) is 17.2 Å². The molecule has 0 aromatic heterocycles. The molecule has 166 valence electrons. The Balaban J connectivity index is 1.50. The predicted octanol–water partition coefficient (Wildman–Crippen LogP) is 5.07. The second-order valence-corrected chi connectivity index (χ2v) is 6.92. The molecule has 0 aliphatic heterocycles. The molecule has 0 fully saturated rings. The number of hydrogen-bond acceptors (Lipinski definition) is 6. The van der Waals surface area contributed by atoms with Crippen molar-refractivity contribution < 1.29 is 28.6 Å². The number of aryl methyl sites for hydroxylation is 1. The summed E-state index contributed by atoms with van der Waals surface area (Å²) in [4.78, 5) is 34.6. The molecule has 0 atom stereocenters. The Morgan fingerprint density at radius 3 is 1.45 bits per heavy atom. The van der Waals surface area contributed by atoms with Crippen LogP contribution in [0, 0.1) is 0 Å². The minimum atomic E-state index is -0.559. The third-order valence-corrected chi connectivity index (χ3v) is 4.59. The van der Waals surface area contributed by atoms with E-state index in [0.717, 1.165) is 28.8 Å². The van der Waals surface area contributed by atoms with E-state index in [1.165, 1.54) is 0 Å². The summed E-state index contributed by atoms with van der Waals surface area (Å²) in [5, 5.41) is 0. The number of carbonyl (C=O) groups is 3. The summed E-state index contributed by atoms with van der Waals surface area (Å²) in [5.74, 6) is -0.262. The molecular formula is C27H22O6. The summed E-state index contributed by atoms with van der Waals surface area (Å²) in [5.41, 5.74) is 2.97. The Bertz CT molecular complexity index is 1140. The summed E-state index contributed by atoms with van der Waals surface area (Å²) in [6.45, 7) is 6.70. The van der Waals surface area contributed by atoms with E-state index in [1.54, 1.807) is 36.4 Å². The SMILES string of the molecule is C=CC(=O)Oc1ccc(OC(=O)CCc2ccc(-c3ccc(OC(=O)C=C)cc3)cc2)cc1. The predicted molar refractivity (Wildman–Crippen MR) is 124 cm³/mol. The Hall–Kier alpha value is -4.45. The lowest BCUT2D eigenvalue weighted by Gasteiger charge is -2.07. The molecule has 0 N–H and O–H groups in total. The summed E-state index contributed by atoms with van der Waals surface area (Å²) in [6, 6.07) is 21.2. The maximum Gasteiger partial charge on any atom is 0.335 e. The van der Waals surface area contributed by atoms with Gasteiger partial charge in [0, 0.05) is 18.6 Å². The van der Waals surface area contributed by atoms with Crippen molar-refractivity contribution in [3.8, 4) is 28.4 Å². The first kappa shape index (κ1) is 23.2. The first-order valence-corrected chi connectivity index (χ1v) is 10.2. The van der Waals surface area contributed by atoms with Gasteiger partial charge < -0.3 is 14.2 Å². The average Bonchev–Trinajstić information content (AvgIpc) is 2.84. The molecule has 0 unspecified atom stereocenters. The highest BCUT2D eigenvalue weighted by Crippen LogP contribution is 2.24. The van der Waals surface area contributed by atoms with Crippen molar-refractivity contribution in [3.63, 3.8) is 0 Å². The normalized spacial score (nSPS) is 10.1. The Morgan fingerprint density at radius 2 is 1.00 bits per heavy atom. The van der Waals surface area contributed by atoms with E-state index in [2.05, 4.69) is 13.2 Å². The van der Waals surface area contributed by atoms with Crippen molar-refractivity contribution in [1.82, 2.24) is 0 Å². The van der Waals surface area contributed by atoms with Gasteiger partial charge in [0.05, 0.1) is 0 Å². The monoisotopic (exact) mass is 442 g/mol. The van der Waals surface area contributed by atoms with Crippen molar-refractivity contribution in [3.05, 3.63) is 104 Å². The first-order chi connectivity index (χ1) is 16.0. The van der Waals surface area contributed by atoms with Gasteiger partial charge in [-0.3, -0.25) is 4.79 Å². The number of ether oxygens (including phenoxy) is 3. The number of benzene rings is 3. The molecule has 6 nitrogen and oxygen atoms in total. The molecule has 0 saturated carbocycles. The number of hydrogen-bond donors (Lipinski definition) is 0. The lowest BCUT2D eigenvalue weighted by atomic mass is 10.0. The van der Waals surface area contributed by atoms with Crippen LogP contribution in [0.1, 0.15) is 12.0 Å². The minimum Gasteiger partial charge on any atom is -0.427 e. The topological polar surface area (TPSA) is 78.9 Å². The second kappa shape index (κ2) is 11.2. The van der Waals surface area contributed by atoms with Gasteiger partial charge in [-0.25, -0.2) is 9.59 Å². The number of rotatable bonds is 9. The molecule has 0 aliphatic carbocycles. The lowest BCUT2D eigenvalue weighted by Crippen LogP contribution is -2.09. The highest BCUT2D eigenvalue weighted by Gasteiger charge is 2.08. The molecule has 33 heavy (non-hydrogen) atoms. The van der Waals surface area contributed by atoms with Crippen LogP contribution in [-0.4, -0.2) is 17.9 Å². The van der Waals surface area contributed by atoms with Crippen molar-refractivity contribution >= 4 is 17.9 Å². The van der Waals surface area contributed by atoms with Gasteiger partial charge in [-0.2, -0.15) is 0 Å². The number of carbonyl (C=O) groups excluding carboxylic acids is 3. The smallest absolute Gasteiger partial charge is 0.335 e. The van der Waals surface area contributed by atoms with Crippen molar-refractivity contribution in [2.24, 2.45) is 0 Å². The maximum atomic E-state index is 12.2. The Labute approximate surface area is 191 Å². The van der Waals surface area contributed by atoms with Crippen molar-refractivity contribution in [2.75, 3.05) is 0 Å². The number of esters is 3. The fraction of sp³-hybridized carbons (Fsp3) is 0.0741. The largest absolute Gasteiger partial charge is 0.427 e. The molecular weight excluding hydrogens is 420 g/mol. The summed E-state index contributed by atoms with van der Waals surface area (Å²) < 4.78 is 15.4. The molecule has 0 spiro atoms. The zero-order valence-electron chi connectivity index (χ0n) is 17.9. The molecule has 0 saturated heterocycles. The van der Waals surface area contributed by atoms with Crippen LogP contribution in [0.15, 0.2) is 98.1 Å². The van der Waals surface area contributed by atoms with Crippen LogP contribution in [-0.2, 0) is 20.8 Å². The Kier molecular flexibility index (Phi) is 7.91. The molecule has 0 radical (unpaired) electrons. The van der Waals surface area contributed by atoms with E-state index in [-0.39, 0.29) is 12.4 Å². The zero-order valence-corrected chi connectivity index (χ0v) is 17.9. The van der Waals surface area contributed by atoms with Crippen LogP contribution in [0.4, 0.5) is 0 Å². The summed E-state index contributed by atoms with van der Waals surface area (Å²) in [6.07, 6.45) is 2.93. The van der Waals surface area contributed by atoms with Gasteiger partial charge in [-0.05, 0) is 59.5 Å². The molecule has 0 bridgehead atoms. The van der Waals surface area contributed by atoms with Crippen LogP contribution in [0.25, 0.3) is 11.1 Å². The third-order valence-electron chi connectivity index (χ3n) is 4.59. The van der Waals surface area contributed by atoms with Gasteiger partial charge in [-0.1, -0.05) is 49.6 Å². The van der Waals surface area contributed by atoms with Crippen LogP contribution in [0.2, 0.25) is 0 Å². The van der Waals surface area contributed by atoms with Crippen molar-refractivity contribution in [2.45, 2.75) is 12.8 Å². The highest BCUT2D eigenvalue weighted by molar-refractivity contribution is 5.84. The van der Waals surface area contributed by atoms with Crippen LogP contribution in [0.5, 0.6) is 17.2 Å². The van der Waals surface area contributed by atoms with E-state index in [0.29, 0.717) is 23.7 Å². The molecule has 3 rings (SSSR count). The molecule has 3 aromatic rings. The van der Waals surface area contributed by atoms with E-state index in [4.69, 9.17) is 14.2 Å². The Morgan fingerprint density at radius 1 is 0.606 bits per heavy atom. The van der Waals surface area contributed by atoms with Crippen LogP contribution in [0.3, 0.4) is 0 Å². The average molecular weight is 442 g/mol. The maximum absolute atomic E-state index is 12.2. The second-order valence-electron chi connectivity index (χ2n) is 6.92. The molecule has 0 aliphatic rings. The van der Waals surface area contributed by atoms with E-state index in [9.17, 15) is 14.4 Å². The lowest BCUT2D eigenvalue weighted by molar-refractivity contribution is -0.134. The van der Waals surface area contributed by atoms with Gasteiger partial charge in [0.2, 0.25) is 0 Å². The van der Waals surface area contributed by atoms with Gasteiger partial charge in [-0.15, -0.1) is 0 Å². The van der Waals surface area contributed by atoms with E-state index in [1.807, 2.05) is 36.4 Å². The van der Waals surface area contributed by atoms with Gasteiger partial charge in [0.25, 0.3) is 0 Å². The zero-order chi connectivity index (χ0) is 23.6. The molecule has 0 heterocycles. The standard InChI is InChI=1S/C27H22O6/c1-3-25(28)31-22-12-10-21(11-13-22)20-8-5-19(6-9-20)7-18-27(30)33-24-16-14-23(15-17-24)32-26(29)4-2/h3-6,8-17H,1-2,7,18H2. The van der Waals surface area contributed by atoms with Crippen LogP contribution >= 0.6 is 0 Å². The summed E-state index contributed by atoms with van der Waals surface area (Å²) in [7, 11) is 0. The van der Waals surface area contributed by atoms with E-state index < -0.39 is 11.9 Å². The highest BCUT2D eigenvalue weighted by atomic mass is 16.5. The van der Waals surface area contributed by atoms with Crippen molar-refractivity contribution in [1.29, 1.82) is 0 Å². The minimum absolute atomic E-state index is 0.218. The molecule has 6 heteroatoms. The summed E-state index contributed by atoms with van der Waals surface area (Å²) >= 11 is 0. The van der Waals surface area contributed by atoms with Gasteiger partial charge >= 0.3 is 17.9 Å². The van der Waals surface area contributed by atoms with Gasteiger partial charge in [0.15, 0.2) is 0 Å². The fourth-order valence-electron chi connectivity index (χ4n) is 2.90. The quantitative estimate of drug-likeness (QED) is 0.261. The van der Waals surface area contributed by atoms with Crippen LogP contribution < -0.4 is 14.2 Å². The molecule has 3 aromatic carbocycles. The van der Waals surface area contributed by atoms with E-state index >= 15 is 0 Å². The molecule has 0 amide bonds. The third kappa shape index (κ3) is 7.04. The fourth-order valence-corrected chi connectivity index (χ4v) is 2.90. The first-order valence-electron chi connectivity index (χ1n) is 10.2.